The minimum atomic E-state index is -0.250. The Morgan fingerprint density at radius 2 is 1.96 bits per heavy atom. The maximum Gasteiger partial charge on any atom is 0.290 e. The van der Waals surface area contributed by atoms with Crippen LogP contribution in [0.5, 0.6) is 0 Å². The van der Waals surface area contributed by atoms with Crippen LogP contribution in [0.3, 0.4) is 0 Å². The maximum atomic E-state index is 9.30. The zero-order chi connectivity index (χ0) is 20.4. The Hall–Kier alpha value is -2.97. The highest BCUT2D eigenvalue weighted by Gasteiger charge is 2.10. The first-order valence-corrected chi connectivity index (χ1v) is 9.10. The molecule has 0 spiro atoms. The second kappa shape index (κ2) is 11.0. The molecule has 0 saturated carbocycles. The quantitative estimate of drug-likeness (QED) is 0.514. The van der Waals surface area contributed by atoms with Gasteiger partial charge in [0.05, 0.1) is 25.0 Å². The second-order valence-corrected chi connectivity index (χ2v) is 6.61. The van der Waals surface area contributed by atoms with Gasteiger partial charge in [-0.25, -0.2) is 9.67 Å². The highest BCUT2D eigenvalue weighted by Crippen LogP contribution is 2.17. The molecule has 0 fully saturated rings. The fourth-order valence-corrected chi connectivity index (χ4v) is 2.80. The first kappa shape index (κ1) is 21.3. The molecule has 8 heteroatoms. The Morgan fingerprint density at radius 3 is 2.54 bits per heavy atom. The molecule has 0 aliphatic heterocycles. The van der Waals surface area contributed by atoms with Crippen molar-refractivity contribution < 1.29 is 15.0 Å². The topological polar surface area (TPSA) is 107 Å². The first-order valence-electron chi connectivity index (χ1n) is 9.10. The van der Waals surface area contributed by atoms with E-state index in [1.165, 1.54) is 5.56 Å². The third-order valence-electron chi connectivity index (χ3n) is 4.21. The summed E-state index contributed by atoms with van der Waals surface area (Å²) in [5.74, 6) is 1.42. The molecule has 1 aromatic carbocycles. The fraction of sp³-hybridized carbons (Fsp3) is 0.350. The highest BCUT2D eigenvalue weighted by molar-refractivity contribution is 5.35. The van der Waals surface area contributed by atoms with E-state index in [0.717, 1.165) is 17.1 Å². The zero-order valence-corrected chi connectivity index (χ0v) is 16.2. The van der Waals surface area contributed by atoms with Crippen LogP contribution in [0, 0.1) is 0 Å². The van der Waals surface area contributed by atoms with E-state index in [-0.39, 0.29) is 13.1 Å². The standard InChI is InChI=1S/C19H25N5O.CH2O2/c1-15(2)17-3-5-18(6-4-17)24-13-16(11-22-24)12-23(9-10-25)14-19-20-7-8-21-19;2-1-3/h3-8,11,13,15,25H,9-10,12,14H2,1-2H3,(H,20,21);1H,(H,2,3). The largest absolute Gasteiger partial charge is 0.483 e. The van der Waals surface area contributed by atoms with E-state index in [1.54, 1.807) is 6.20 Å². The van der Waals surface area contributed by atoms with Gasteiger partial charge in [0.25, 0.3) is 6.47 Å². The van der Waals surface area contributed by atoms with E-state index in [0.29, 0.717) is 25.6 Å². The number of aliphatic hydroxyl groups is 1. The molecule has 0 radical (unpaired) electrons. The molecule has 0 atom stereocenters. The molecule has 3 aromatic rings. The van der Waals surface area contributed by atoms with Crippen LogP contribution in [0.1, 0.15) is 36.7 Å². The number of nitrogens with zero attached hydrogens (tertiary/aromatic N) is 4. The summed E-state index contributed by atoms with van der Waals surface area (Å²) in [6, 6.07) is 8.49. The van der Waals surface area contributed by atoms with Crippen LogP contribution in [0.25, 0.3) is 5.69 Å². The lowest BCUT2D eigenvalue weighted by molar-refractivity contribution is -0.122. The van der Waals surface area contributed by atoms with Crippen LogP contribution < -0.4 is 0 Å². The molecule has 28 heavy (non-hydrogen) atoms. The monoisotopic (exact) mass is 385 g/mol. The summed E-state index contributed by atoms with van der Waals surface area (Å²) >= 11 is 0. The number of carbonyl (C=O) groups is 1. The Bertz CT molecular complexity index is 813. The van der Waals surface area contributed by atoms with E-state index in [2.05, 4.69) is 58.1 Å². The van der Waals surface area contributed by atoms with Gasteiger partial charge in [0.1, 0.15) is 5.82 Å². The van der Waals surface area contributed by atoms with Crippen molar-refractivity contribution in [1.29, 1.82) is 0 Å². The zero-order valence-electron chi connectivity index (χ0n) is 16.2. The number of imidazole rings is 1. The van der Waals surface area contributed by atoms with Crippen molar-refractivity contribution in [2.45, 2.75) is 32.9 Å². The lowest BCUT2D eigenvalue weighted by Crippen LogP contribution is -2.26. The third kappa shape index (κ3) is 6.33. The van der Waals surface area contributed by atoms with Crippen molar-refractivity contribution in [2.75, 3.05) is 13.2 Å². The number of aromatic nitrogens is 4. The van der Waals surface area contributed by atoms with E-state index in [9.17, 15) is 5.11 Å². The van der Waals surface area contributed by atoms with Crippen LogP contribution in [0.15, 0.2) is 49.1 Å². The number of aliphatic hydroxyl groups excluding tert-OH is 1. The van der Waals surface area contributed by atoms with E-state index in [1.807, 2.05) is 23.3 Å². The summed E-state index contributed by atoms with van der Waals surface area (Å²) in [4.78, 5) is 17.9. The normalized spacial score (nSPS) is 10.8. The van der Waals surface area contributed by atoms with Gasteiger partial charge in [-0.2, -0.15) is 5.10 Å². The van der Waals surface area contributed by atoms with Gasteiger partial charge >= 0.3 is 0 Å². The van der Waals surface area contributed by atoms with Crippen molar-refractivity contribution >= 4 is 6.47 Å². The van der Waals surface area contributed by atoms with E-state index in [4.69, 9.17) is 9.90 Å². The maximum absolute atomic E-state index is 9.30. The van der Waals surface area contributed by atoms with Crippen molar-refractivity contribution in [2.24, 2.45) is 0 Å². The van der Waals surface area contributed by atoms with Crippen molar-refractivity contribution in [3.8, 4) is 5.69 Å². The summed E-state index contributed by atoms with van der Waals surface area (Å²) in [6.45, 7) is 6.22. The van der Waals surface area contributed by atoms with Gasteiger partial charge in [-0.1, -0.05) is 26.0 Å². The van der Waals surface area contributed by atoms with Crippen molar-refractivity contribution in [3.05, 3.63) is 66.0 Å². The van der Waals surface area contributed by atoms with Crippen LogP contribution in [0.4, 0.5) is 0 Å². The second-order valence-electron chi connectivity index (χ2n) is 6.61. The molecule has 0 aliphatic carbocycles. The van der Waals surface area contributed by atoms with Gasteiger partial charge in [-0.05, 0) is 23.6 Å². The van der Waals surface area contributed by atoms with Crippen molar-refractivity contribution in [1.82, 2.24) is 24.6 Å². The fourth-order valence-electron chi connectivity index (χ4n) is 2.80. The molecule has 0 aliphatic rings. The number of rotatable bonds is 8. The van der Waals surface area contributed by atoms with E-state index >= 15 is 0 Å². The number of carboxylic acid groups (broad SMARTS) is 1. The molecule has 3 N–H and O–H groups in total. The van der Waals surface area contributed by atoms with Gasteiger partial charge in [-0.15, -0.1) is 0 Å². The SMILES string of the molecule is CC(C)c1ccc(-n2cc(CN(CCO)Cc3ncc[nH]3)cn2)cc1.O=CO. The Morgan fingerprint density at radius 1 is 1.25 bits per heavy atom. The molecular formula is C20H27N5O3. The summed E-state index contributed by atoms with van der Waals surface area (Å²) in [5.41, 5.74) is 3.48. The number of H-pyrrole nitrogens is 1. The van der Waals surface area contributed by atoms with Crippen molar-refractivity contribution in [3.63, 3.8) is 0 Å². The summed E-state index contributed by atoms with van der Waals surface area (Å²) in [5, 5.41) is 20.7. The first-order chi connectivity index (χ1) is 13.6. The summed E-state index contributed by atoms with van der Waals surface area (Å²) in [7, 11) is 0. The molecule has 0 amide bonds. The Labute approximate surface area is 164 Å². The lowest BCUT2D eigenvalue weighted by atomic mass is 10.0. The summed E-state index contributed by atoms with van der Waals surface area (Å²) in [6.07, 6.45) is 7.47. The van der Waals surface area contributed by atoms with Gasteiger partial charge in [0.2, 0.25) is 0 Å². The Kier molecular flexibility index (Phi) is 8.38. The smallest absolute Gasteiger partial charge is 0.290 e. The van der Waals surface area contributed by atoms with Gasteiger partial charge in [-0.3, -0.25) is 9.69 Å². The Balaban J connectivity index is 0.000000878. The molecule has 0 unspecified atom stereocenters. The molecule has 3 rings (SSSR count). The highest BCUT2D eigenvalue weighted by atomic mass is 16.3. The predicted molar refractivity (Wildman–Crippen MR) is 106 cm³/mol. The van der Waals surface area contributed by atoms with Gasteiger partial charge in [0.15, 0.2) is 0 Å². The van der Waals surface area contributed by atoms with Crippen LogP contribution in [-0.2, 0) is 17.9 Å². The minimum Gasteiger partial charge on any atom is -0.483 e. The number of hydrogen-bond donors (Lipinski definition) is 3. The van der Waals surface area contributed by atoms with Crippen LogP contribution in [0.2, 0.25) is 0 Å². The number of hydrogen-bond acceptors (Lipinski definition) is 5. The van der Waals surface area contributed by atoms with Gasteiger partial charge in [0, 0.05) is 37.2 Å². The molecule has 2 heterocycles. The number of aromatic amines is 1. The molecular weight excluding hydrogens is 358 g/mol. The average molecular weight is 385 g/mol. The number of nitrogens with one attached hydrogen (secondary N) is 1. The molecule has 2 aromatic heterocycles. The molecule has 0 saturated heterocycles. The lowest BCUT2D eigenvalue weighted by Gasteiger charge is -2.19. The molecule has 0 bridgehead atoms. The van der Waals surface area contributed by atoms with Gasteiger partial charge < -0.3 is 15.2 Å². The molecule has 8 nitrogen and oxygen atoms in total. The van der Waals surface area contributed by atoms with E-state index < -0.39 is 0 Å². The third-order valence-corrected chi connectivity index (χ3v) is 4.21. The van der Waals surface area contributed by atoms with Crippen LogP contribution in [-0.4, -0.2) is 54.5 Å². The number of benzene rings is 1. The summed E-state index contributed by atoms with van der Waals surface area (Å²) < 4.78 is 1.89. The minimum absolute atomic E-state index is 0.117. The molecule has 150 valence electrons. The van der Waals surface area contributed by atoms with Crippen LogP contribution >= 0.6 is 0 Å². The predicted octanol–water partition coefficient (Wildman–Crippen LogP) is 2.41. The average Bonchev–Trinajstić information content (AvgIpc) is 3.35.